The lowest BCUT2D eigenvalue weighted by atomic mass is 9.48. The summed E-state index contributed by atoms with van der Waals surface area (Å²) in [5.41, 5.74) is 0.518. The molecule has 0 spiro atoms. The summed E-state index contributed by atoms with van der Waals surface area (Å²) < 4.78 is 5.15. The Morgan fingerprint density at radius 3 is 2.26 bits per heavy atom. The first-order valence-corrected chi connectivity index (χ1v) is 10.5. The zero-order chi connectivity index (χ0) is 19.2. The van der Waals surface area contributed by atoms with Crippen molar-refractivity contribution in [3.8, 4) is 0 Å². The number of benzene rings is 1. The molecule has 1 amide bonds. The van der Waals surface area contributed by atoms with E-state index in [1.54, 1.807) is 0 Å². The van der Waals surface area contributed by atoms with Crippen molar-refractivity contribution in [1.29, 1.82) is 0 Å². The Hall–Kier alpha value is -1.26. The third-order valence-corrected chi connectivity index (χ3v) is 7.61. The van der Waals surface area contributed by atoms with Crippen LogP contribution in [-0.4, -0.2) is 24.5 Å². The van der Waals surface area contributed by atoms with E-state index < -0.39 is 5.97 Å². The zero-order valence-electron chi connectivity index (χ0n) is 15.5. The number of amides is 1. The van der Waals surface area contributed by atoms with Gasteiger partial charge in [-0.2, -0.15) is 0 Å². The van der Waals surface area contributed by atoms with Gasteiger partial charge in [0.25, 0.3) is 5.91 Å². The quantitative estimate of drug-likeness (QED) is 0.705. The lowest BCUT2D eigenvalue weighted by Crippen LogP contribution is -2.56. The molecule has 4 nitrogen and oxygen atoms in total. The van der Waals surface area contributed by atoms with Crippen molar-refractivity contribution < 1.29 is 14.3 Å². The fourth-order valence-corrected chi connectivity index (χ4v) is 6.28. The van der Waals surface area contributed by atoms with Crippen LogP contribution in [0.2, 0.25) is 10.0 Å². The number of nitrogens with one attached hydrogen (secondary N) is 1. The molecule has 1 aromatic rings. The Morgan fingerprint density at radius 2 is 1.70 bits per heavy atom. The van der Waals surface area contributed by atoms with Crippen LogP contribution in [0.4, 0.5) is 0 Å². The van der Waals surface area contributed by atoms with E-state index in [4.69, 9.17) is 27.9 Å². The van der Waals surface area contributed by atoms with E-state index in [9.17, 15) is 9.59 Å². The molecule has 146 valence electrons. The molecule has 5 rings (SSSR count). The largest absolute Gasteiger partial charge is 0.452 e. The molecule has 0 unspecified atom stereocenters. The number of esters is 1. The number of carbonyl (C=O) groups excluding carboxylic acids is 2. The summed E-state index contributed by atoms with van der Waals surface area (Å²) in [5.74, 6) is 1.69. The second-order valence-electron chi connectivity index (χ2n) is 8.77. The Labute approximate surface area is 169 Å². The van der Waals surface area contributed by atoms with Crippen molar-refractivity contribution in [1.82, 2.24) is 5.32 Å². The molecule has 0 aromatic heterocycles. The molecular formula is C21H25Cl2NO3. The highest BCUT2D eigenvalue weighted by molar-refractivity contribution is 6.42. The maximum absolute atomic E-state index is 12.4. The Balaban J connectivity index is 1.31. The molecule has 1 N–H and O–H groups in total. The number of ether oxygens (including phenoxy) is 1. The highest BCUT2D eigenvalue weighted by Gasteiger charge is 2.53. The van der Waals surface area contributed by atoms with Crippen LogP contribution >= 0.6 is 23.2 Å². The van der Waals surface area contributed by atoms with Gasteiger partial charge in [0.2, 0.25) is 0 Å². The first kappa shape index (κ1) is 19.1. The summed E-state index contributed by atoms with van der Waals surface area (Å²) in [6.07, 6.45) is 7.81. The smallest absolute Gasteiger partial charge is 0.338 e. The van der Waals surface area contributed by atoms with Crippen molar-refractivity contribution in [3.63, 3.8) is 0 Å². The minimum atomic E-state index is -0.578. The van der Waals surface area contributed by atoms with Crippen LogP contribution in [0.5, 0.6) is 0 Å². The van der Waals surface area contributed by atoms with E-state index in [1.807, 2.05) is 0 Å². The highest BCUT2D eigenvalue weighted by Crippen LogP contribution is 2.61. The van der Waals surface area contributed by atoms with Gasteiger partial charge >= 0.3 is 5.97 Å². The minimum absolute atomic E-state index is 0.113. The van der Waals surface area contributed by atoms with Gasteiger partial charge in [0.1, 0.15) is 0 Å². The van der Waals surface area contributed by atoms with Gasteiger partial charge < -0.3 is 10.1 Å². The molecule has 4 bridgehead atoms. The van der Waals surface area contributed by atoms with Gasteiger partial charge in [-0.1, -0.05) is 23.2 Å². The van der Waals surface area contributed by atoms with Crippen LogP contribution < -0.4 is 5.32 Å². The Morgan fingerprint density at radius 1 is 1.11 bits per heavy atom. The average molecular weight is 410 g/mol. The second-order valence-corrected chi connectivity index (χ2v) is 9.59. The highest BCUT2D eigenvalue weighted by atomic mass is 35.5. The predicted octanol–water partition coefficient (Wildman–Crippen LogP) is 4.87. The number of carbonyl (C=O) groups is 2. The molecule has 1 aromatic carbocycles. The molecule has 27 heavy (non-hydrogen) atoms. The molecule has 1 atom stereocenters. The monoisotopic (exact) mass is 409 g/mol. The van der Waals surface area contributed by atoms with E-state index in [2.05, 4.69) is 12.2 Å². The minimum Gasteiger partial charge on any atom is -0.452 e. The van der Waals surface area contributed by atoms with Crippen LogP contribution in [0.15, 0.2) is 18.2 Å². The fourth-order valence-electron chi connectivity index (χ4n) is 5.98. The van der Waals surface area contributed by atoms with Crippen LogP contribution in [0.3, 0.4) is 0 Å². The molecule has 4 saturated carbocycles. The fraction of sp³-hybridized carbons (Fsp3) is 0.619. The third kappa shape index (κ3) is 3.84. The second kappa shape index (κ2) is 7.29. The van der Waals surface area contributed by atoms with Crippen LogP contribution in [0.25, 0.3) is 0 Å². The van der Waals surface area contributed by atoms with Crippen molar-refractivity contribution in [2.75, 3.05) is 6.61 Å². The third-order valence-electron chi connectivity index (χ3n) is 6.87. The average Bonchev–Trinajstić information content (AvgIpc) is 2.61. The summed E-state index contributed by atoms with van der Waals surface area (Å²) in [4.78, 5) is 24.5. The molecule has 0 saturated heterocycles. The molecule has 0 aliphatic heterocycles. The lowest BCUT2D eigenvalue weighted by molar-refractivity contribution is -0.128. The summed E-state index contributed by atoms with van der Waals surface area (Å²) >= 11 is 11.8. The van der Waals surface area contributed by atoms with E-state index >= 15 is 0 Å². The molecule has 0 radical (unpaired) electrons. The van der Waals surface area contributed by atoms with E-state index in [1.165, 1.54) is 56.7 Å². The maximum atomic E-state index is 12.4. The van der Waals surface area contributed by atoms with Crippen LogP contribution in [0, 0.1) is 23.2 Å². The number of halogens is 2. The van der Waals surface area contributed by atoms with Crippen molar-refractivity contribution in [3.05, 3.63) is 33.8 Å². The molecular weight excluding hydrogens is 385 g/mol. The maximum Gasteiger partial charge on any atom is 0.338 e. The molecule has 6 heteroatoms. The lowest BCUT2D eigenvalue weighted by Gasteiger charge is -2.59. The zero-order valence-corrected chi connectivity index (χ0v) is 17.0. The predicted molar refractivity (Wildman–Crippen MR) is 105 cm³/mol. The number of hydrogen-bond donors (Lipinski definition) is 1. The van der Waals surface area contributed by atoms with Crippen molar-refractivity contribution in [2.24, 2.45) is 23.2 Å². The van der Waals surface area contributed by atoms with Gasteiger partial charge in [-0.15, -0.1) is 0 Å². The van der Waals surface area contributed by atoms with E-state index in [0.29, 0.717) is 5.02 Å². The molecule has 0 heterocycles. The van der Waals surface area contributed by atoms with Gasteiger partial charge in [-0.25, -0.2) is 4.79 Å². The normalized spacial score (nSPS) is 32.2. The SMILES string of the molecule is C[C@@H](NC(=O)COC(=O)c1ccc(Cl)c(Cl)c1)C12CC3CC(CC(C3)C1)C2. The summed E-state index contributed by atoms with van der Waals surface area (Å²) in [7, 11) is 0. The first-order chi connectivity index (χ1) is 12.8. The standard InChI is InChI=1S/C21H25Cl2NO3/c1-12(21-8-13-4-14(9-21)6-15(5-13)10-21)24-19(25)11-27-20(26)16-2-3-17(22)18(23)7-16/h2-3,7,12-15H,4-6,8-11H2,1H3,(H,24,25)/t12-,13?,14?,15?,21?/m1/s1. The summed E-state index contributed by atoms with van der Waals surface area (Å²) in [5, 5.41) is 3.75. The van der Waals surface area contributed by atoms with Gasteiger partial charge in [-0.05, 0) is 86.8 Å². The topological polar surface area (TPSA) is 55.4 Å². The van der Waals surface area contributed by atoms with Gasteiger partial charge in [-0.3, -0.25) is 4.79 Å². The Kier molecular flexibility index (Phi) is 5.15. The van der Waals surface area contributed by atoms with Crippen molar-refractivity contribution in [2.45, 2.75) is 51.5 Å². The van der Waals surface area contributed by atoms with E-state index in [-0.39, 0.29) is 34.6 Å². The first-order valence-electron chi connectivity index (χ1n) is 9.76. The van der Waals surface area contributed by atoms with E-state index in [0.717, 1.165) is 17.8 Å². The summed E-state index contributed by atoms with van der Waals surface area (Å²) in [6, 6.07) is 4.63. The Bertz CT molecular complexity index is 729. The van der Waals surface area contributed by atoms with Crippen LogP contribution in [-0.2, 0) is 9.53 Å². The number of rotatable bonds is 5. The van der Waals surface area contributed by atoms with Gasteiger partial charge in [0.05, 0.1) is 15.6 Å². The molecule has 4 aliphatic rings. The molecule has 4 aliphatic carbocycles. The van der Waals surface area contributed by atoms with Gasteiger partial charge in [0, 0.05) is 6.04 Å². The molecule has 4 fully saturated rings. The van der Waals surface area contributed by atoms with Crippen molar-refractivity contribution >= 4 is 35.1 Å². The van der Waals surface area contributed by atoms with Crippen LogP contribution in [0.1, 0.15) is 55.8 Å². The van der Waals surface area contributed by atoms with Gasteiger partial charge in [0.15, 0.2) is 6.61 Å². The summed E-state index contributed by atoms with van der Waals surface area (Å²) in [6.45, 7) is 1.83. The number of hydrogen-bond acceptors (Lipinski definition) is 3.